The van der Waals surface area contributed by atoms with Crippen LogP contribution in [0.4, 0.5) is 0 Å². The van der Waals surface area contributed by atoms with Gasteiger partial charge in [0, 0.05) is 54.9 Å². The van der Waals surface area contributed by atoms with Crippen molar-refractivity contribution in [2.24, 2.45) is 17.8 Å². The molecule has 1 aromatic carbocycles. The van der Waals surface area contributed by atoms with E-state index >= 15 is 0 Å². The number of nitrogens with zero attached hydrogens (tertiary/aromatic N) is 2. The average molecular weight is 345 g/mol. The number of piperidine rings is 3. The van der Waals surface area contributed by atoms with E-state index in [9.17, 15) is 0 Å². The second-order valence-electron chi connectivity index (χ2n) is 8.35. The van der Waals surface area contributed by atoms with E-state index in [1.165, 1.54) is 43.4 Å². The van der Waals surface area contributed by atoms with Gasteiger partial charge < -0.3 is 14.6 Å². The summed E-state index contributed by atoms with van der Waals surface area (Å²) in [6.45, 7) is 3.75. The molecule has 3 saturated heterocycles. The summed E-state index contributed by atoms with van der Waals surface area (Å²) in [5.41, 5.74) is 3.45. The number of benzene rings is 1. The zero-order chi connectivity index (χ0) is 17.1. The molecule has 0 spiro atoms. The van der Waals surface area contributed by atoms with Crippen molar-refractivity contribution >= 4 is 10.9 Å². The fourth-order valence-electron chi connectivity index (χ4n) is 5.58. The fraction of sp³-hybridized carbons (Fsp3) is 0.409. The lowest BCUT2D eigenvalue weighted by atomic mass is 9.66. The molecule has 4 nitrogen and oxygen atoms in total. The molecular weight excluding hydrogens is 322 g/mol. The number of hydrogen-bond donors (Lipinski definition) is 1. The molecule has 1 N–H and O–H groups in total. The smallest absolute Gasteiger partial charge is 0.138 e. The molecule has 132 valence electrons. The number of aromatic amines is 1. The van der Waals surface area contributed by atoms with Gasteiger partial charge in [-0.3, -0.25) is 4.98 Å². The van der Waals surface area contributed by atoms with Crippen LogP contribution in [-0.2, 0) is 0 Å². The summed E-state index contributed by atoms with van der Waals surface area (Å²) in [7, 11) is 0. The topological polar surface area (TPSA) is 41.1 Å². The second kappa shape index (κ2) is 5.58. The predicted molar refractivity (Wildman–Crippen MR) is 102 cm³/mol. The highest BCUT2D eigenvalue weighted by molar-refractivity contribution is 5.84. The third-order valence-corrected chi connectivity index (χ3v) is 6.58. The van der Waals surface area contributed by atoms with E-state index in [2.05, 4.69) is 45.2 Å². The van der Waals surface area contributed by atoms with E-state index < -0.39 is 0 Å². The number of pyridine rings is 1. The van der Waals surface area contributed by atoms with Gasteiger partial charge in [0.2, 0.25) is 0 Å². The van der Waals surface area contributed by atoms with Gasteiger partial charge in [-0.25, -0.2) is 0 Å². The van der Waals surface area contributed by atoms with Gasteiger partial charge >= 0.3 is 0 Å². The zero-order valence-corrected chi connectivity index (χ0v) is 14.8. The molecule has 4 fully saturated rings. The van der Waals surface area contributed by atoms with E-state index in [0.717, 1.165) is 22.7 Å². The number of aromatic nitrogens is 2. The number of hydrogen-bond acceptors (Lipinski definition) is 3. The summed E-state index contributed by atoms with van der Waals surface area (Å²) in [5, 5.41) is 1.23. The van der Waals surface area contributed by atoms with E-state index in [-0.39, 0.29) is 0 Å². The molecule has 0 radical (unpaired) electrons. The van der Waals surface area contributed by atoms with Gasteiger partial charge in [0.1, 0.15) is 11.9 Å². The Kier molecular flexibility index (Phi) is 3.18. The lowest BCUT2D eigenvalue weighted by Crippen LogP contribution is -2.61. The number of fused-ring (bicyclic) bond motifs is 1. The quantitative estimate of drug-likeness (QED) is 0.781. The van der Waals surface area contributed by atoms with Crippen LogP contribution < -0.4 is 4.74 Å². The first-order valence-electron chi connectivity index (χ1n) is 9.73. The number of ether oxygens (including phenoxy) is 1. The summed E-state index contributed by atoms with van der Waals surface area (Å²) >= 11 is 0. The Hall–Kier alpha value is -2.33. The van der Waals surface area contributed by atoms with Crippen LogP contribution in [0.1, 0.15) is 12.8 Å². The van der Waals surface area contributed by atoms with Crippen LogP contribution in [0.5, 0.6) is 5.75 Å². The zero-order valence-electron chi connectivity index (χ0n) is 14.8. The van der Waals surface area contributed by atoms with Gasteiger partial charge in [0.05, 0.1) is 6.20 Å². The van der Waals surface area contributed by atoms with Crippen LogP contribution in [0.25, 0.3) is 22.0 Å². The molecular formula is C22H23N3O. The van der Waals surface area contributed by atoms with Crippen molar-refractivity contribution in [1.82, 2.24) is 14.9 Å². The first-order valence-corrected chi connectivity index (χ1v) is 9.73. The fourth-order valence-corrected chi connectivity index (χ4v) is 5.58. The Labute approximate surface area is 153 Å². The first-order chi connectivity index (χ1) is 12.8. The minimum absolute atomic E-state index is 0.366. The molecule has 3 aliphatic heterocycles. The van der Waals surface area contributed by atoms with Crippen LogP contribution >= 0.6 is 0 Å². The monoisotopic (exact) mass is 345 g/mol. The van der Waals surface area contributed by atoms with E-state index in [1.54, 1.807) is 0 Å². The maximum absolute atomic E-state index is 6.53. The third-order valence-electron chi connectivity index (χ3n) is 6.58. The van der Waals surface area contributed by atoms with Gasteiger partial charge in [-0.15, -0.1) is 0 Å². The van der Waals surface area contributed by atoms with Crippen LogP contribution in [0.15, 0.2) is 48.9 Å². The van der Waals surface area contributed by atoms with E-state index in [4.69, 9.17) is 4.74 Å². The van der Waals surface area contributed by atoms with E-state index in [0.29, 0.717) is 17.9 Å². The Morgan fingerprint density at radius 1 is 0.962 bits per heavy atom. The Bertz CT molecular complexity index is 935. The summed E-state index contributed by atoms with van der Waals surface area (Å²) in [6, 6.07) is 10.8. The van der Waals surface area contributed by atoms with Crippen LogP contribution in [0, 0.1) is 17.8 Å². The van der Waals surface area contributed by atoms with Crippen molar-refractivity contribution in [2.45, 2.75) is 18.9 Å². The number of H-pyrrole nitrogens is 1. The SMILES string of the molecule is c1cc2ccc(-c3cncc(OC4[C@@H]5CC6C[C@@H]4CN(C6)C5)c3)cc2[nH]1. The lowest BCUT2D eigenvalue weighted by molar-refractivity contribution is -0.0985. The molecule has 0 unspecified atom stereocenters. The van der Waals surface area contributed by atoms with Gasteiger partial charge in [-0.1, -0.05) is 12.1 Å². The molecule has 1 aliphatic carbocycles. The normalized spacial score (nSPS) is 32.2. The van der Waals surface area contributed by atoms with Crippen LogP contribution in [0.2, 0.25) is 0 Å². The maximum Gasteiger partial charge on any atom is 0.138 e. The minimum atomic E-state index is 0.366. The number of nitrogens with one attached hydrogen (secondary N) is 1. The molecule has 4 aliphatic rings. The summed E-state index contributed by atoms with van der Waals surface area (Å²) in [5.74, 6) is 3.21. The summed E-state index contributed by atoms with van der Waals surface area (Å²) < 4.78 is 6.53. The Morgan fingerprint density at radius 3 is 2.69 bits per heavy atom. The highest BCUT2D eigenvalue weighted by Crippen LogP contribution is 2.45. The lowest BCUT2D eigenvalue weighted by Gasteiger charge is -2.55. The Morgan fingerprint density at radius 2 is 1.85 bits per heavy atom. The molecule has 26 heavy (non-hydrogen) atoms. The van der Waals surface area contributed by atoms with Crippen molar-refractivity contribution in [3.8, 4) is 16.9 Å². The van der Waals surface area contributed by atoms with Crippen molar-refractivity contribution < 1.29 is 4.74 Å². The van der Waals surface area contributed by atoms with Gasteiger partial charge in [0.15, 0.2) is 0 Å². The Balaban J connectivity index is 1.28. The van der Waals surface area contributed by atoms with Gasteiger partial charge in [-0.2, -0.15) is 0 Å². The molecule has 2 aromatic heterocycles. The van der Waals surface area contributed by atoms with Crippen molar-refractivity contribution in [1.29, 1.82) is 0 Å². The van der Waals surface area contributed by atoms with Gasteiger partial charge in [-0.05, 0) is 47.9 Å². The molecule has 2 atom stereocenters. The largest absolute Gasteiger partial charge is 0.488 e. The molecule has 7 rings (SSSR count). The molecule has 1 saturated carbocycles. The highest BCUT2D eigenvalue weighted by Gasteiger charge is 2.48. The minimum Gasteiger partial charge on any atom is -0.488 e. The van der Waals surface area contributed by atoms with Gasteiger partial charge in [0.25, 0.3) is 0 Å². The molecule has 0 amide bonds. The van der Waals surface area contributed by atoms with Crippen molar-refractivity contribution in [3.63, 3.8) is 0 Å². The molecule has 3 aromatic rings. The second-order valence-corrected chi connectivity index (χ2v) is 8.35. The standard InChI is InChI=1S/C22H23N3O/c1-2-16(8-21-15(1)3-4-24-21)17-7-20(10-23-9-17)26-22-18-5-14-6-19(22)13-25(11-14)12-18/h1-4,7-10,14,18-19,22,24H,5-6,11-13H2/t14?,18-,19-,22?/m1/s1. The molecule has 4 bridgehead atoms. The predicted octanol–water partition coefficient (Wildman–Crippen LogP) is 3.95. The number of rotatable bonds is 3. The van der Waals surface area contributed by atoms with E-state index in [1.807, 2.05) is 18.6 Å². The summed E-state index contributed by atoms with van der Waals surface area (Å²) in [6.07, 6.45) is 8.84. The first kappa shape index (κ1) is 14.8. The third kappa shape index (κ3) is 2.36. The maximum atomic E-state index is 6.53. The van der Waals surface area contributed by atoms with Crippen LogP contribution in [0.3, 0.4) is 0 Å². The highest BCUT2D eigenvalue weighted by atomic mass is 16.5. The molecule has 5 heterocycles. The summed E-state index contributed by atoms with van der Waals surface area (Å²) in [4.78, 5) is 10.4. The van der Waals surface area contributed by atoms with Crippen molar-refractivity contribution in [3.05, 3.63) is 48.9 Å². The van der Waals surface area contributed by atoms with Crippen molar-refractivity contribution in [2.75, 3.05) is 19.6 Å². The average Bonchev–Trinajstić information content (AvgIpc) is 3.12. The van der Waals surface area contributed by atoms with Crippen LogP contribution in [-0.4, -0.2) is 40.6 Å². The molecule has 4 heteroatoms.